The normalized spacial score (nSPS) is 12.9. The molecule has 0 bridgehead atoms. The van der Waals surface area contributed by atoms with E-state index in [1.165, 1.54) is 11.6 Å². The zero-order valence-corrected chi connectivity index (χ0v) is 12.1. The van der Waals surface area contributed by atoms with Gasteiger partial charge in [0, 0.05) is 19.1 Å². The van der Waals surface area contributed by atoms with E-state index in [2.05, 4.69) is 28.8 Å². The summed E-state index contributed by atoms with van der Waals surface area (Å²) in [5.74, 6) is -0.197. The van der Waals surface area contributed by atoms with Crippen LogP contribution in [-0.2, 0) is 6.54 Å². The van der Waals surface area contributed by atoms with Crippen molar-refractivity contribution in [2.45, 2.75) is 19.5 Å². The van der Waals surface area contributed by atoms with Gasteiger partial charge in [0.2, 0.25) is 0 Å². The Morgan fingerprint density at radius 1 is 1.37 bits per heavy atom. The quantitative estimate of drug-likeness (QED) is 0.909. The maximum absolute atomic E-state index is 13.2. The second-order valence-corrected chi connectivity index (χ2v) is 5.58. The number of hydrogen-bond acceptors (Lipinski definition) is 3. The summed E-state index contributed by atoms with van der Waals surface area (Å²) in [5, 5.41) is 4.21. The van der Waals surface area contributed by atoms with E-state index in [1.54, 1.807) is 17.4 Å². The fourth-order valence-electron chi connectivity index (χ4n) is 2.34. The zero-order chi connectivity index (χ0) is 13.8. The van der Waals surface area contributed by atoms with Crippen molar-refractivity contribution in [3.05, 3.63) is 57.5 Å². The van der Waals surface area contributed by atoms with E-state index < -0.39 is 0 Å². The summed E-state index contributed by atoms with van der Waals surface area (Å²) in [5.41, 5.74) is 9.24. The number of hydrogen-bond donors (Lipinski definition) is 1. The first-order valence-corrected chi connectivity index (χ1v) is 7.23. The van der Waals surface area contributed by atoms with Gasteiger partial charge in [0.1, 0.15) is 5.82 Å². The van der Waals surface area contributed by atoms with Crippen molar-refractivity contribution in [3.8, 4) is 0 Å². The Morgan fingerprint density at radius 2 is 2.16 bits per heavy atom. The number of nitrogens with zero attached hydrogens (tertiary/aromatic N) is 1. The smallest absolute Gasteiger partial charge is 0.123 e. The second-order valence-electron chi connectivity index (χ2n) is 4.80. The molecule has 0 aliphatic heterocycles. The van der Waals surface area contributed by atoms with Crippen molar-refractivity contribution in [1.82, 2.24) is 4.90 Å². The number of thiophene rings is 1. The molecule has 19 heavy (non-hydrogen) atoms. The minimum atomic E-state index is -0.197. The number of likely N-dealkylation sites (N-methyl/N-ethyl adjacent to an activating group) is 1. The van der Waals surface area contributed by atoms with Crippen molar-refractivity contribution >= 4 is 11.3 Å². The summed E-state index contributed by atoms with van der Waals surface area (Å²) in [6.07, 6.45) is 0. The first-order valence-electron chi connectivity index (χ1n) is 6.29. The summed E-state index contributed by atoms with van der Waals surface area (Å²) >= 11 is 1.69. The molecule has 0 aliphatic rings. The maximum Gasteiger partial charge on any atom is 0.123 e. The number of nitrogens with two attached hydrogens (primary N) is 1. The van der Waals surface area contributed by atoms with Crippen LogP contribution in [0.15, 0.2) is 35.0 Å². The molecule has 0 radical (unpaired) electrons. The largest absolute Gasteiger partial charge is 0.329 e. The van der Waals surface area contributed by atoms with Crippen molar-refractivity contribution in [3.63, 3.8) is 0 Å². The summed E-state index contributed by atoms with van der Waals surface area (Å²) in [6.45, 7) is 3.30. The van der Waals surface area contributed by atoms with Gasteiger partial charge >= 0.3 is 0 Å². The first-order chi connectivity index (χ1) is 9.11. The Bertz CT molecular complexity index is 525. The van der Waals surface area contributed by atoms with Gasteiger partial charge in [-0.15, -0.1) is 0 Å². The van der Waals surface area contributed by atoms with Gasteiger partial charge in [-0.25, -0.2) is 4.39 Å². The third-order valence-electron chi connectivity index (χ3n) is 3.36. The van der Waals surface area contributed by atoms with Gasteiger partial charge in [-0.3, -0.25) is 4.90 Å². The third kappa shape index (κ3) is 3.41. The van der Waals surface area contributed by atoms with Crippen molar-refractivity contribution < 1.29 is 4.39 Å². The Morgan fingerprint density at radius 3 is 2.74 bits per heavy atom. The Balaban J connectivity index is 2.18. The molecule has 2 rings (SSSR count). The van der Waals surface area contributed by atoms with E-state index in [-0.39, 0.29) is 11.9 Å². The molecule has 1 aromatic heterocycles. The highest BCUT2D eigenvalue weighted by atomic mass is 32.1. The topological polar surface area (TPSA) is 29.3 Å². The molecule has 2 nitrogen and oxygen atoms in total. The molecule has 1 unspecified atom stereocenters. The summed E-state index contributed by atoms with van der Waals surface area (Å²) in [7, 11) is 2.05. The number of rotatable bonds is 5. The maximum atomic E-state index is 13.2. The minimum Gasteiger partial charge on any atom is -0.329 e. The SMILES string of the molecule is Cc1cc(F)ccc1C(CN)N(C)Cc1ccsc1. The van der Waals surface area contributed by atoms with Crippen LogP contribution in [0.5, 0.6) is 0 Å². The van der Waals surface area contributed by atoms with Gasteiger partial charge in [0.15, 0.2) is 0 Å². The van der Waals surface area contributed by atoms with E-state index >= 15 is 0 Å². The monoisotopic (exact) mass is 278 g/mol. The molecule has 102 valence electrons. The highest BCUT2D eigenvalue weighted by molar-refractivity contribution is 7.07. The van der Waals surface area contributed by atoms with Crippen LogP contribution in [0.25, 0.3) is 0 Å². The molecule has 0 fully saturated rings. The number of halogens is 1. The van der Waals surface area contributed by atoms with Gasteiger partial charge in [-0.2, -0.15) is 11.3 Å². The Labute approximate surface area is 117 Å². The predicted molar refractivity (Wildman–Crippen MR) is 78.7 cm³/mol. The highest BCUT2D eigenvalue weighted by Crippen LogP contribution is 2.24. The van der Waals surface area contributed by atoms with E-state index in [9.17, 15) is 4.39 Å². The second kappa shape index (κ2) is 6.28. The third-order valence-corrected chi connectivity index (χ3v) is 4.09. The lowest BCUT2D eigenvalue weighted by Crippen LogP contribution is -2.30. The predicted octanol–water partition coefficient (Wildman–Crippen LogP) is 3.33. The van der Waals surface area contributed by atoms with E-state index in [4.69, 9.17) is 5.73 Å². The summed E-state index contributed by atoms with van der Waals surface area (Å²) in [4.78, 5) is 2.21. The zero-order valence-electron chi connectivity index (χ0n) is 11.3. The Kier molecular flexibility index (Phi) is 4.69. The first kappa shape index (κ1) is 14.2. The van der Waals surface area contributed by atoms with Gasteiger partial charge in [0.05, 0.1) is 0 Å². The molecule has 0 saturated heterocycles. The van der Waals surface area contributed by atoms with Crippen LogP contribution in [0.1, 0.15) is 22.7 Å². The molecule has 1 heterocycles. The van der Waals surface area contributed by atoms with Crippen LogP contribution >= 0.6 is 11.3 Å². The minimum absolute atomic E-state index is 0.112. The van der Waals surface area contributed by atoms with E-state index in [0.717, 1.165) is 17.7 Å². The van der Waals surface area contributed by atoms with Crippen LogP contribution in [0.4, 0.5) is 4.39 Å². The van der Waals surface area contributed by atoms with E-state index in [1.807, 2.05) is 13.0 Å². The molecule has 4 heteroatoms. The van der Waals surface area contributed by atoms with Crippen LogP contribution in [0.3, 0.4) is 0 Å². The molecule has 0 spiro atoms. The number of benzene rings is 1. The molecule has 0 amide bonds. The Hall–Kier alpha value is -1.23. The molecule has 0 saturated carbocycles. The molecule has 2 aromatic rings. The van der Waals surface area contributed by atoms with Crippen LogP contribution < -0.4 is 5.73 Å². The fourth-order valence-corrected chi connectivity index (χ4v) is 3.00. The average Bonchev–Trinajstić information content (AvgIpc) is 2.85. The lowest BCUT2D eigenvalue weighted by molar-refractivity contribution is 0.241. The van der Waals surface area contributed by atoms with E-state index in [0.29, 0.717) is 6.54 Å². The molecule has 1 atom stereocenters. The van der Waals surface area contributed by atoms with Crippen molar-refractivity contribution in [2.75, 3.05) is 13.6 Å². The van der Waals surface area contributed by atoms with Gasteiger partial charge < -0.3 is 5.73 Å². The van der Waals surface area contributed by atoms with Crippen LogP contribution in [0, 0.1) is 12.7 Å². The lowest BCUT2D eigenvalue weighted by atomic mass is 10.00. The fraction of sp³-hybridized carbons (Fsp3) is 0.333. The van der Waals surface area contributed by atoms with Gasteiger partial charge in [-0.1, -0.05) is 6.07 Å². The number of aryl methyl sites for hydroxylation is 1. The average molecular weight is 278 g/mol. The molecule has 2 N–H and O–H groups in total. The molecular formula is C15H19FN2S. The van der Waals surface area contributed by atoms with Crippen LogP contribution in [-0.4, -0.2) is 18.5 Å². The van der Waals surface area contributed by atoms with Crippen molar-refractivity contribution in [1.29, 1.82) is 0 Å². The highest BCUT2D eigenvalue weighted by Gasteiger charge is 2.18. The van der Waals surface area contributed by atoms with Gasteiger partial charge in [0.25, 0.3) is 0 Å². The summed E-state index contributed by atoms with van der Waals surface area (Å²) < 4.78 is 13.2. The van der Waals surface area contributed by atoms with Gasteiger partial charge in [-0.05, 0) is 59.6 Å². The summed E-state index contributed by atoms with van der Waals surface area (Å²) in [6, 6.07) is 7.14. The standard InChI is InChI=1S/C15H19FN2S/c1-11-7-13(16)3-4-14(11)15(8-17)18(2)9-12-5-6-19-10-12/h3-7,10,15H,8-9,17H2,1-2H3. The molecular weight excluding hydrogens is 259 g/mol. The molecule has 0 aliphatic carbocycles. The lowest BCUT2D eigenvalue weighted by Gasteiger charge is -2.28. The van der Waals surface area contributed by atoms with Crippen LogP contribution in [0.2, 0.25) is 0 Å². The van der Waals surface area contributed by atoms with Crippen molar-refractivity contribution in [2.24, 2.45) is 5.73 Å². The molecule has 1 aromatic carbocycles.